The second-order valence-corrected chi connectivity index (χ2v) is 4.65. The van der Waals surface area contributed by atoms with Crippen molar-refractivity contribution in [1.82, 2.24) is 0 Å². The van der Waals surface area contributed by atoms with E-state index in [9.17, 15) is 0 Å². The Kier molecular flexibility index (Phi) is 4.85. The highest BCUT2D eigenvalue weighted by Gasteiger charge is 1.97. The van der Waals surface area contributed by atoms with Crippen LogP contribution in [0.3, 0.4) is 0 Å². The number of anilines is 2. The van der Waals surface area contributed by atoms with Crippen molar-refractivity contribution in [2.24, 2.45) is 0 Å². The van der Waals surface area contributed by atoms with Crippen LogP contribution in [0.1, 0.15) is 25.3 Å². The summed E-state index contributed by atoms with van der Waals surface area (Å²) in [6.07, 6.45) is 3.66. The molecule has 19 heavy (non-hydrogen) atoms. The van der Waals surface area contributed by atoms with Crippen LogP contribution in [0.2, 0.25) is 0 Å². The molecule has 0 atom stereocenters. The average molecular weight is 255 g/mol. The highest BCUT2D eigenvalue weighted by atomic mass is 16.5. The summed E-state index contributed by atoms with van der Waals surface area (Å²) in [4.78, 5) is 0. The van der Waals surface area contributed by atoms with Crippen LogP contribution >= 0.6 is 0 Å². The lowest BCUT2D eigenvalue weighted by Crippen LogP contribution is -1.91. The minimum atomic E-state index is 0.875. The molecule has 0 aliphatic rings. The van der Waals surface area contributed by atoms with Crippen molar-refractivity contribution in [3.63, 3.8) is 0 Å². The zero-order valence-electron chi connectivity index (χ0n) is 11.6. The Morgan fingerprint density at radius 1 is 0.895 bits per heavy atom. The molecule has 0 saturated heterocycles. The van der Waals surface area contributed by atoms with Crippen LogP contribution in [0.5, 0.6) is 5.75 Å². The molecule has 0 fully saturated rings. The Bertz CT molecular complexity index is 488. The summed E-state index contributed by atoms with van der Waals surface area (Å²) < 4.78 is 5.14. The highest BCUT2D eigenvalue weighted by molar-refractivity contribution is 5.60. The van der Waals surface area contributed by atoms with E-state index in [0.717, 1.165) is 17.1 Å². The maximum atomic E-state index is 5.14. The molecule has 100 valence electrons. The van der Waals surface area contributed by atoms with Gasteiger partial charge in [0.05, 0.1) is 7.11 Å². The van der Waals surface area contributed by atoms with Crippen LogP contribution in [-0.2, 0) is 6.42 Å². The number of hydrogen-bond donors (Lipinski definition) is 1. The molecule has 0 amide bonds. The Morgan fingerprint density at radius 2 is 1.47 bits per heavy atom. The fourth-order valence-corrected chi connectivity index (χ4v) is 1.98. The maximum Gasteiger partial charge on any atom is 0.119 e. The van der Waals surface area contributed by atoms with Crippen molar-refractivity contribution in [3.05, 3.63) is 54.1 Å². The quantitative estimate of drug-likeness (QED) is 0.802. The first-order chi connectivity index (χ1) is 9.31. The van der Waals surface area contributed by atoms with E-state index < -0.39 is 0 Å². The Balaban J connectivity index is 1.98. The molecule has 0 saturated carbocycles. The van der Waals surface area contributed by atoms with Crippen molar-refractivity contribution in [3.8, 4) is 5.75 Å². The van der Waals surface area contributed by atoms with E-state index in [0.29, 0.717) is 0 Å². The number of ether oxygens (including phenoxy) is 1. The molecule has 0 heterocycles. The SMILES string of the molecule is CCCCc1ccc(Nc2ccc(OC)cc2)cc1. The Labute approximate surface area is 115 Å². The topological polar surface area (TPSA) is 21.3 Å². The number of nitrogens with one attached hydrogen (secondary N) is 1. The van der Waals surface area contributed by atoms with E-state index in [2.05, 4.69) is 36.5 Å². The minimum absolute atomic E-state index is 0.875. The zero-order chi connectivity index (χ0) is 13.5. The number of hydrogen-bond acceptors (Lipinski definition) is 2. The third kappa shape index (κ3) is 4.02. The fraction of sp³-hybridized carbons (Fsp3) is 0.294. The monoisotopic (exact) mass is 255 g/mol. The molecule has 2 nitrogen and oxygen atoms in total. The molecule has 2 aromatic rings. The van der Waals surface area contributed by atoms with Crippen LogP contribution in [0.25, 0.3) is 0 Å². The van der Waals surface area contributed by atoms with Gasteiger partial charge in [-0.05, 0) is 54.8 Å². The summed E-state index contributed by atoms with van der Waals surface area (Å²) in [5.41, 5.74) is 3.59. The first kappa shape index (κ1) is 13.5. The van der Waals surface area contributed by atoms with Gasteiger partial charge in [-0.15, -0.1) is 0 Å². The van der Waals surface area contributed by atoms with Crippen LogP contribution in [0, 0.1) is 0 Å². The summed E-state index contributed by atoms with van der Waals surface area (Å²) in [5, 5.41) is 3.38. The lowest BCUT2D eigenvalue weighted by Gasteiger charge is -2.08. The molecule has 1 N–H and O–H groups in total. The molecular weight excluding hydrogens is 234 g/mol. The lowest BCUT2D eigenvalue weighted by atomic mass is 10.1. The summed E-state index contributed by atoms with van der Waals surface area (Å²) in [6, 6.07) is 16.6. The molecule has 0 aromatic heterocycles. The van der Waals surface area contributed by atoms with Crippen molar-refractivity contribution < 1.29 is 4.74 Å². The number of rotatable bonds is 6. The first-order valence-electron chi connectivity index (χ1n) is 6.82. The van der Waals surface area contributed by atoms with Crippen molar-refractivity contribution >= 4 is 11.4 Å². The summed E-state index contributed by atoms with van der Waals surface area (Å²) in [5.74, 6) is 0.875. The van der Waals surface area contributed by atoms with Crippen LogP contribution in [0.4, 0.5) is 11.4 Å². The number of aryl methyl sites for hydroxylation is 1. The van der Waals surface area contributed by atoms with Gasteiger partial charge in [0.2, 0.25) is 0 Å². The van der Waals surface area contributed by atoms with Gasteiger partial charge < -0.3 is 10.1 Å². The van der Waals surface area contributed by atoms with Gasteiger partial charge in [-0.25, -0.2) is 0 Å². The standard InChI is InChI=1S/C17H21NO/c1-3-4-5-14-6-8-15(9-7-14)18-16-10-12-17(19-2)13-11-16/h6-13,18H,3-5H2,1-2H3. The summed E-state index contributed by atoms with van der Waals surface area (Å²) in [6.45, 7) is 2.22. The van der Waals surface area contributed by atoms with E-state index in [1.54, 1.807) is 7.11 Å². The van der Waals surface area contributed by atoms with E-state index in [4.69, 9.17) is 4.74 Å². The fourth-order valence-electron chi connectivity index (χ4n) is 1.98. The van der Waals surface area contributed by atoms with Crippen LogP contribution in [-0.4, -0.2) is 7.11 Å². The number of benzene rings is 2. The molecule has 0 spiro atoms. The molecule has 2 aromatic carbocycles. The molecule has 0 aliphatic heterocycles. The molecule has 2 heteroatoms. The van der Waals surface area contributed by atoms with Gasteiger partial charge in [0.1, 0.15) is 5.75 Å². The second-order valence-electron chi connectivity index (χ2n) is 4.65. The third-order valence-corrected chi connectivity index (χ3v) is 3.15. The molecule has 0 radical (unpaired) electrons. The number of unbranched alkanes of at least 4 members (excludes halogenated alkanes) is 1. The molecule has 0 aliphatic carbocycles. The third-order valence-electron chi connectivity index (χ3n) is 3.15. The van der Waals surface area contributed by atoms with E-state index >= 15 is 0 Å². The van der Waals surface area contributed by atoms with Gasteiger partial charge >= 0.3 is 0 Å². The minimum Gasteiger partial charge on any atom is -0.497 e. The zero-order valence-corrected chi connectivity index (χ0v) is 11.6. The predicted molar refractivity (Wildman–Crippen MR) is 81.3 cm³/mol. The van der Waals surface area contributed by atoms with Crippen molar-refractivity contribution in [2.75, 3.05) is 12.4 Å². The van der Waals surface area contributed by atoms with E-state index in [1.807, 2.05) is 24.3 Å². The van der Waals surface area contributed by atoms with E-state index in [1.165, 1.54) is 24.8 Å². The van der Waals surface area contributed by atoms with Crippen molar-refractivity contribution in [2.45, 2.75) is 26.2 Å². The largest absolute Gasteiger partial charge is 0.497 e. The normalized spacial score (nSPS) is 10.2. The highest BCUT2D eigenvalue weighted by Crippen LogP contribution is 2.20. The van der Waals surface area contributed by atoms with Crippen LogP contribution < -0.4 is 10.1 Å². The lowest BCUT2D eigenvalue weighted by molar-refractivity contribution is 0.415. The van der Waals surface area contributed by atoms with Gasteiger partial charge in [0.15, 0.2) is 0 Å². The second kappa shape index (κ2) is 6.83. The molecule has 0 unspecified atom stereocenters. The van der Waals surface area contributed by atoms with Gasteiger partial charge in [-0.3, -0.25) is 0 Å². The molecular formula is C17H21NO. The number of methoxy groups -OCH3 is 1. The first-order valence-corrected chi connectivity index (χ1v) is 6.82. The molecule has 0 bridgehead atoms. The Hall–Kier alpha value is -1.96. The maximum absolute atomic E-state index is 5.14. The van der Waals surface area contributed by atoms with Gasteiger partial charge in [0, 0.05) is 11.4 Å². The van der Waals surface area contributed by atoms with Crippen LogP contribution in [0.15, 0.2) is 48.5 Å². The molecule has 2 rings (SSSR count). The predicted octanol–water partition coefficient (Wildman–Crippen LogP) is 4.78. The van der Waals surface area contributed by atoms with E-state index in [-0.39, 0.29) is 0 Å². The van der Waals surface area contributed by atoms with Gasteiger partial charge in [-0.2, -0.15) is 0 Å². The Morgan fingerprint density at radius 3 is 2.00 bits per heavy atom. The van der Waals surface area contributed by atoms with Crippen molar-refractivity contribution in [1.29, 1.82) is 0 Å². The average Bonchev–Trinajstić information content (AvgIpc) is 2.47. The van der Waals surface area contributed by atoms with Gasteiger partial charge in [0.25, 0.3) is 0 Å². The smallest absolute Gasteiger partial charge is 0.119 e. The summed E-state index contributed by atoms with van der Waals surface area (Å²) in [7, 11) is 1.68. The summed E-state index contributed by atoms with van der Waals surface area (Å²) >= 11 is 0. The van der Waals surface area contributed by atoms with Gasteiger partial charge in [-0.1, -0.05) is 25.5 Å².